The van der Waals surface area contributed by atoms with E-state index in [1.165, 1.54) is 4.90 Å². The van der Waals surface area contributed by atoms with Crippen LogP contribution in [0.3, 0.4) is 0 Å². The second kappa shape index (κ2) is 6.78. The first-order valence-corrected chi connectivity index (χ1v) is 6.25. The molecule has 0 aromatic carbocycles. The molecule has 1 amide bonds. The molecule has 0 saturated heterocycles. The zero-order valence-corrected chi connectivity index (χ0v) is 10.9. The van der Waals surface area contributed by atoms with Crippen LogP contribution in [0.2, 0.25) is 0 Å². The summed E-state index contributed by atoms with van der Waals surface area (Å²) < 4.78 is 24.6. The van der Waals surface area contributed by atoms with Crippen molar-refractivity contribution in [2.45, 2.75) is 31.7 Å². The maximum Gasteiger partial charge on any atom is 0.251 e. The van der Waals surface area contributed by atoms with Gasteiger partial charge in [-0.05, 0) is 25.7 Å². The van der Waals surface area contributed by atoms with Gasteiger partial charge in [-0.3, -0.25) is 9.69 Å². The van der Waals surface area contributed by atoms with Crippen molar-refractivity contribution in [3.63, 3.8) is 0 Å². The fourth-order valence-corrected chi connectivity index (χ4v) is 1.99. The average molecular weight is 275 g/mol. The van der Waals surface area contributed by atoms with Crippen molar-refractivity contribution in [1.82, 2.24) is 10.2 Å². The largest absolute Gasteiger partial charge is 0.395 e. The van der Waals surface area contributed by atoms with Crippen molar-refractivity contribution in [3.05, 3.63) is 0 Å². The topological polar surface area (TPSA) is 76.4 Å². The average Bonchev–Trinajstić information content (AvgIpc) is 3.12. The molecule has 1 rings (SSSR count). The van der Waals surface area contributed by atoms with Crippen LogP contribution in [-0.4, -0.2) is 54.1 Å². The van der Waals surface area contributed by atoms with Crippen LogP contribution in [0.15, 0.2) is 0 Å². The van der Waals surface area contributed by atoms with Crippen molar-refractivity contribution in [2.75, 3.05) is 26.2 Å². The minimum Gasteiger partial charge on any atom is -0.395 e. The molecule has 0 aromatic heterocycles. The molecule has 0 heterocycles. The van der Waals surface area contributed by atoms with Crippen LogP contribution < -0.4 is 5.32 Å². The van der Waals surface area contributed by atoms with Crippen molar-refractivity contribution in [2.24, 2.45) is 5.92 Å². The Morgan fingerprint density at radius 1 is 1.63 bits per heavy atom. The molecule has 1 atom stereocenters. The van der Waals surface area contributed by atoms with Gasteiger partial charge in [-0.15, -0.1) is 0 Å². The van der Waals surface area contributed by atoms with E-state index in [2.05, 4.69) is 11.4 Å². The minimum absolute atomic E-state index is 0.00442. The molecule has 1 aliphatic rings. The standard InChI is InChI=1S/C12H19F2N3O2/c1-12(8-15,9-2-3-9)16-11(19)7-17(4-5-18)6-10(13)14/h9-10,18H,2-7H2,1H3,(H,16,19). The number of hydrogen-bond acceptors (Lipinski definition) is 4. The minimum atomic E-state index is -2.56. The van der Waals surface area contributed by atoms with Gasteiger partial charge in [0.05, 0.1) is 25.8 Å². The highest BCUT2D eigenvalue weighted by atomic mass is 19.3. The van der Waals surface area contributed by atoms with E-state index in [-0.39, 0.29) is 25.6 Å². The summed E-state index contributed by atoms with van der Waals surface area (Å²) in [6.07, 6.45) is -0.783. The summed E-state index contributed by atoms with van der Waals surface area (Å²) in [5.74, 6) is -0.326. The van der Waals surface area contributed by atoms with E-state index in [4.69, 9.17) is 10.4 Å². The number of amides is 1. The number of nitrogens with zero attached hydrogens (tertiary/aromatic N) is 2. The van der Waals surface area contributed by atoms with Gasteiger partial charge >= 0.3 is 0 Å². The number of carbonyl (C=O) groups excluding carboxylic acids is 1. The SMILES string of the molecule is CC(C#N)(NC(=O)CN(CCO)CC(F)F)C1CC1. The smallest absolute Gasteiger partial charge is 0.251 e. The summed E-state index contributed by atoms with van der Waals surface area (Å²) in [4.78, 5) is 13.0. The molecule has 1 aliphatic carbocycles. The number of aliphatic hydroxyl groups excluding tert-OH is 1. The quantitative estimate of drug-likeness (QED) is 0.670. The lowest BCUT2D eigenvalue weighted by atomic mass is 9.98. The Morgan fingerprint density at radius 3 is 2.68 bits per heavy atom. The Kier molecular flexibility index (Phi) is 5.63. The molecule has 2 N–H and O–H groups in total. The number of alkyl halides is 2. The highest BCUT2D eigenvalue weighted by Gasteiger charge is 2.43. The molecular weight excluding hydrogens is 256 g/mol. The molecular formula is C12H19F2N3O2. The first-order chi connectivity index (χ1) is 8.91. The van der Waals surface area contributed by atoms with E-state index in [9.17, 15) is 13.6 Å². The number of halogens is 2. The van der Waals surface area contributed by atoms with Crippen LogP contribution in [0, 0.1) is 17.2 Å². The Labute approximate surface area is 111 Å². The van der Waals surface area contributed by atoms with Crippen LogP contribution in [-0.2, 0) is 4.79 Å². The van der Waals surface area contributed by atoms with Crippen LogP contribution in [0.1, 0.15) is 19.8 Å². The van der Waals surface area contributed by atoms with Crippen molar-refractivity contribution in [3.8, 4) is 6.07 Å². The summed E-state index contributed by atoms with van der Waals surface area (Å²) in [6.45, 7) is 0.546. The van der Waals surface area contributed by atoms with Crippen molar-refractivity contribution in [1.29, 1.82) is 5.26 Å². The van der Waals surface area contributed by atoms with E-state index >= 15 is 0 Å². The van der Waals surface area contributed by atoms with Crippen LogP contribution in [0.4, 0.5) is 8.78 Å². The van der Waals surface area contributed by atoms with Gasteiger partial charge in [0, 0.05) is 6.54 Å². The number of aliphatic hydroxyl groups is 1. The highest BCUT2D eigenvalue weighted by Crippen LogP contribution is 2.39. The second-order valence-electron chi connectivity index (χ2n) is 4.99. The molecule has 0 bridgehead atoms. The summed E-state index contributed by atoms with van der Waals surface area (Å²) in [7, 11) is 0. The predicted molar refractivity (Wildman–Crippen MR) is 64.4 cm³/mol. The van der Waals surface area contributed by atoms with Gasteiger partial charge in [-0.2, -0.15) is 5.26 Å². The Bertz CT molecular complexity index is 355. The zero-order chi connectivity index (χ0) is 14.5. The van der Waals surface area contributed by atoms with E-state index in [1.54, 1.807) is 6.92 Å². The molecule has 1 saturated carbocycles. The summed E-state index contributed by atoms with van der Waals surface area (Å²) in [5, 5.41) is 20.5. The predicted octanol–water partition coefficient (Wildman–Crippen LogP) is 0.354. The number of carbonyl (C=O) groups is 1. The molecule has 0 aliphatic heterocycles. The van der Waals surface area contributed by atoms with E-state index in [0.29, 0.717) is 0 Å². The summed E-state index contributed by atoms with van der Waals surface area (Å²) >= 11 is 0. The first-order valence-electron chi connectivity index (χ1n) is 6.25. The summed E-state index contributed by atoms with van der Waals surface area (Å²) in [5.41, 5.74) is -0.924. The lowest BCUT2D eigenvalue weighted by Gasteiger charge is -2.26. The second-order valence-corrected chi connectivity index (χ2v) is 4.99. The monoisotopic (exact) mass is 275 g/mol. The van der Waals surface area contributed by atoms with Crippen molar-refractivity contribution < 1.29 is 18.7 Å². The van der Waals surface area contributed by atoms with Gasteiger partial charge in [0.15, 0.2) is 0 Å². The van der Waals surface area contributed by atoms with Crippen molar-refractivity contribution >= 4 is 5.91 Å². The molecule has 1 unspecified atom stereocenters. The van der Waals surface area contributed by atoms with Crippen LogP contribution in [0.25, 0.3) is 0 Å². The van der Waals surface area contributed by atoms with Crippen LogP contribution >= 0.6 is 0 Å². The fourth-order valence-electron chi connectivity index (χ4n) is 1.99. The molecule has 1 fully saturated rings. The Balaban J connectivity index is 2.49. The van der Waals surface area contributed by atoms with Gasteiger partial charge < -0.3 is 10.4 Å². The Hall–Kier alpha value is -1.26. The molecule has 108 valence electrons. The van der Waals surface area contributed by atoms with Gasteiger partial charge in [-0.25, -0.2) is 8.78 Å². The molecule has 7 heteroatoms. The molecule has 0 spiro atoms. The molecule has 0 radical (unpaired) electrons. The highest BCUT2D eigenvalue weighted by molar-refractivity contribution is 5.79. The first kappa shape index (κ1) is 15.8. The molecule has 0 aromatic rings. The molecule has 19 heavy (non-hydrogen) atoms. The lowest BCUT2D eigenvalue weighted by molar-refractivity contribution is -0.124. The number of nitrogens with one attached hydrogen (secondary N) is 1. The van der Waals surface area contributed by atoms with Crippen LogP contribution in [0.5, 0.6) is 0 Å². The zero-order valence-electron chi connectivity index (χ0n) is 10.9. The number of nitriles is 1. The third kappa shape index (κ3) is 5.09. The maximum absolute atomic E-state index is 12.3. The maximum atomic E-state index is 12.3. The van der Waals surface area contributed by atoms with Gasteiger partial charge in [0.1, 0.15) is 5.54 Å². The number of rotatable bonds is 8. The van der Waals surface area contributed by atoms with E-state index < -0.39 is 24.4 Å². The third-order valence-corrected chi connectivity index (χ3v) is 3.20. The third-order valence-electron chi connectivity index (χ3n) is 3.20. The Morgan fingerprint density at radius 2 is 2.26 bits per heavy atom. The van der Waals surface area contributed by atoms with Gasteiger partial charge in [0.2, 0.25) is 5.91 Å². The fraction of sp³-hybridized carbons (Fsp3) is 0.833. The summed E-state index contributed by atoms with van der Waals surface area (Å²) in [6, 6.07) is 2.07. The van der Waals surface area contributed by atoms with Gasteiger partial charge in [-0.1, -0.05) is 0 Å². The molecule has 5 nitrogen and oxygen atoms in total. The number of hydrogen-bond donors (Lipinski definition) is 2. The lowest BCUT2D eigenvalue weighted by Crippen LogP contribution is -2.51. The van der Waals surface area contributed by atoms with E-state index in [1.807, 2.05) is 0 Å². The normalized spacial score (nSPS) is 18.2. The van der Waals surface area contributed by atoms with Gasteiger partial charge in [0.25, 0.3) is 6.43 Å². The van der Waals surface area contributed by atoms with E-state index in [0.717, 1.165) is 12.8 Å².